The summed E-state index contributed by atoms with van der Waals surface area (Å²) in [6.07, 6.45) is 3.14. The van der Waals surface area contributed by atoms with E-state index in [1.54, 1.807) is 19.2 Å². The van der Waals surface area contributed by atoms with Gasteiger partial charge in [0, 0.05) is 6.54 Å². The number of oxime groups is 1. The van der Waals surface area contributed by atoms with E-state index in [4.69, 9.17) is 14.3 Å². The van der Waals surface area contributed by atoms with Crippen LogP contribution in [0.5, 0.6) is 0 Å². The number of amides is 1. The number of piperidine rings is 1. The van der Waals surface area contributed by atoms with Crippen LogP contribution in [-0.4, -0.2) is 43.4 Å². The second kappa shape index (κ2) is 9.42. The molecule has 0 bridgehead atoms. The fourth-order valence-corrected chi connectivity index (χ4v) is 4.74. The maximum absolute atomic E-state index is 13.0. The fraction of sp³-hybridized carbons (Fsp3) is 0.400. The van der Waals surface area contributed by atoms with E-state index in [0.29, 0.717) is 12.1 Å². The first-order chi connectivity index (χ1) is 15.5. The summed E-state index contributed by atoms with van der Waals surface area (Å²) in [7, 11) is 2.93. The van der Waals surface area contributed by atoms with Crippen LogP contribution in [-0.2, 0) is 20.9 Å². The number of hydrogen-bond donors (Lipinski definition) is 0. The minimum absolute atomic E-state index is 0.110. The zero-order chi connectivity index (χ0) is 22.6. The third-order valence-corrected chi connectivity index (χ3v) is 6.42. The van der Waals surface area contributed by atoms with E-state index in [9.17, 15) is 9.59 Å². The minimum Gasteiger partial charge on any atom is -0.465 e. The van der Waals surface area contributed by atoms with Crippen LogP contribution < -0.4 is 0 Å². The molecule has 2 aromatic carbocycles. The first kappa shape index (κ1) is 21.9. The summed E-state index contributed by atoms with van der Waals surface area (Å²) in [4.78, 5) is 31.6. The van der Waals surface area contributed by atoms with Gasteiger partial charge in [-0.3, -0.25) is 0 Å². The number of carbonyl (C=O) groups excluding carboxylic acids is 2. The van der Waals surface area contributed by atoms with E-state index in [-0.39, 0.29) is 30.1 Å². The van der Waals surface area contributed by atoms with Crippen LogP contribution in [0.1, 0.15) is 53.2 Å². The summed E-state index contributed by atoms with van der Waals surface area (Å²) in [5, 5.41) is 4.09. The third kappa shape index (κ3) is 4.61. The Morgan fingerprint density at radius 1 is 1.06 bits per heavy atom. The first-order valence-corrected chi connectivity index (χ1v) is 10.8. The Labute approximate surface area is 187 Å². The molecule has 7 nitrogen and oxygen atoms in total. The molecule has 4 rings (SSSR count). The molecule has 2 aromatic rings. The van der Waals surface area contributed by atoms with E-state index in [2.05, 4.69) is 5.16 Å². The van der Waals surface area contributed by atoms with E-state index in [0.717, 1.165) is 42.5 Å². The molecule has 1 saturated carbocycles. The zero-order valence-corrected chi connectivity index (χ0v) is 18.5. The molecule has 7 heteroatoms. The second-order valence-corrected chi connectivity index (χ2v) is 8.51. The Bertz CT molecular complexity index is 979. The molecule has 1 heterocycles. The number of carbonyl (C=O) groups is 2. The average Bonchev–Trinajstić information content (AvgIpc) is 2.82. The van der Waals surface area contributed by atoms with Crippen LogP contribution in [0.4, 0.5) is 4.79 Å². The lowest BCUT2D eigenvalue weighted by Crippen LogP contribution is -2.50. The van der Waals surface area contributed by atoms with Gasteiger partial charge in [0.2, 0.25) is 0 Å². The lowest BCUT2D eigenvalue weighted by molar-refractivity contribution is 0.0222. The van der Waals surface area contributed by atoms with Crippen molar-refractivity contribution in [2.24, 2.45) is 10.6 Å². The topological polar surface area (TPSA) is 77.4 Å². The summed E-state index contributed by atoms with van der Waals surface area (Å²) < 4.78 is 10.4. The van der Waals surface area contributed by atoms with Crippen molar-refractivity contribution in [3.63, 3.8) is 0 Å². The van der Waals surface area contributed by atoms with E-state index >= 15 is 0 Å². The molecule has 1 aliphatic heterocycles. The Kier molecular flexibility index (Phi) is 6.44. The van der Waals surface area contributed by atoms with Crippen molar-refractivity contribution >= 4 is 17.8 Å². The summed E-state index contributed by atoms with van der Waals surface area (Å²) >= 11 is 0. The third-order valence-electron chi connectivity index (χ3n) is 6.42. The number of hydrogen-bond acceptors (Lipinski definition) is 6. The Hall–Kier alpha value is -3.35. The quantitative estimate of drug-likeness (QED) is 0.500. The molecule has 0 unspecified atom stereocenters. The highest BCUT2D eigenvalue weighted by molar-refractivity contribution is 5.91. The molecular weight excluding hydrogens is 408 g/mol. The van der Waals surface area contributed by atoms with Crippen LogP contribution in [0.3, 0.4) is 0 Å². The van der Waals surface area contributed by atoms with Crippen molar-refractivity contribution in [1.29, 1.82) is 0 Å². The van der Waals surface area contributed by atoms with Gasteiger partial charge in [-0.25, -0.2) is 9.59 Å². The van der Waals surface area contributed by atoms with E-state index < -0.39 is 0 Å². The first-order valence-electron chi connectivity index (χ1n) is 10.8. The highest BCUT2D eigenvalue weighted by Gasteiger charge is 2.49. The minimum atomic E-state index is -0.379. The van der Waals surface area contributed by atoms with Gasteiger partial charge in [-0.05, 0) is 54.4 Å². The largest absolute Gasteiger partial charge is 0.465 e. The van der Waals surface area contributed by atoms with Crippen molar-refractivity contribution in [2.75, 3.05) is 20.8 Å². The van der Waals surface area contributed by atoms with Crippen molar-refractivity contribution in [3.8, 4) is 0 Å². The molecule has 2 aliphatic rings. The number of benzene rings is 2. The van der Waals surface area contributed by atoms with E-state index in [1.807, 2.05) is 47.4 Å². The van der Waals surface area contributed by atoms with Crippen LogP contribution in [0.25, 0.3) is 0 Å². The standard InChI is InChI=1S/C25H28N2O5/c1-30-23(28)20-10-8-19(9-11-20)22-16-25(14-21(15-25)26-31-2)12-13-27(22)24(29)32-17-18-6-4-3-5-7-18/h3-11,22H,12-17H2,1-2H3/t22-,25?/m0/s1. The molecule has 2 fully saturated rings. The molecule has 0 radical (unpaired) electrons. The van der Waals surface area contributed by atoms with Crippen LogP contribution in [0.15, 0.2) is 59.8 Å². The number of likely N-dealkylation sites (tertiary alicyclic amines) is 1. The van der Waals surface area contributed by atoms with Crippen LogP contribution in [0, 0.1) is 5.41 Å². The molecule has 1 spiro atoms. The number of nitrogens with zero attached hydrogens (tertiary/aromatic N) is 2. The number of esters is 1. The highest BCUT2D eigenvalue weighted by Crippen LogP contribution is 2.53. The van der Waals surface area contributed by atoms with E-state index in [1.165, 1.54) is 7.11 Å². The summed E-state index contributed by atoms with van der Waals surface area (Å²) in [6, 6.07) is 16.8. The van der Waals surface area contributed by atoms with Gasteiger partial charge in [0.15, 0.2) is 0 Å². The van der Waals surface area contributed by atoms with Gasteiger partial charge in [-0.15, -0.1) is 0 Å². The Morgan fingerprint density at radius 2 is 1.78 bits per heavy atom. The van der Waals surface area contributed by atoms with Crippen molar-refractivity contribution in [1.82, 2.24) is 4.90 Å². The van der Waals surface area contributed by atoms with Crippen molar-refractivity contribution < 1.29 is 23.9 Å². The zero-order valence-electron chi connectivity index (χ0n) is 18.5. The summed E-state index contributed by atoms with van der Waals surface area (Å²) in [6.45, 7) is 0.845. The molecule has 0 N–H and O–H groups in total. The van der Waals surface area contributed by atoms with Crippen molar-refractivity contribution in [2.45, 2.75) is 38.3 Å². The van der Waals surface area contributed by atoms with Gasteiger partial charge < -0.3 is 19.2 Å². The molecule has 1 aliphatic carbocycles. The smallest absolute Gasteiger partial charge is 0.410 e. The number of rotatable bonds is 5. The number of methoxy groups -OCH3 is 1. The van der Waals surface area contributed by atoms with Crippen molar-refractivity contribution in [3.05, 3.63) is 71.3 Å². The van der Waals surface area contributed by atoms with Gasteiger partial charge >= 0.3 is 12.1 Å². The predicted molar refractivity (Wildman–Crippen MR) is 119 cm³/mol. The Balaban J connectivity index is 1.52. The SMILES string of the molecule is CON=C1CC2(CCN(C(=O)OCc3ccccc3)[C@H](c3ccc(C(=O)OC)cc3)C2)C1. The van der Waals surface area contributed by atoms with Gasteiger partial charge in [-0.1, -0.05) is 47.6 Å². The highest BCUT2D eigenvalue weighted by atomic mass is 16.6. The number of ether oxygens (including phenoxy) is 2. The lowest BCUT2D eigenvalue weighted by atomic mass is 9.60. The molecule has 168 valence electrons. The fourth-order valence-electron chi connectivity index (χ4n) is 4.74. The molecule has 32 heavy (non-hydrogen) atoms. The average molecular weight is 437 g/mol. The molecule has 1 amide bonds. The van der Waals surface area contributed by atoms with Gasteiger partial charge in [0.1, 0.15) is 13.7 Å². The molecule has 1 saturated heterocycles. The van der Waals surface area contributed by atoms with Crippen LogP contribution >= 0.6 is 0 Å². The molecular formula is C25H28N2O5. The van der Waals surface area contributed by atoms with Gasteiger partial charge in [0.05, 0.1) is 24.4 Å². The summed E-state index contributed by atoms with van der Waals surface area (Å²) in [5.41, 5.74) is 3.59. The normalized spacial score (nSPS) is 22.1. The molecule has 1 atom stereocenters. The van der Waals surface area contributed by atoms with Gasteiger partial charge in [-0.2, -0.15) is 0 Å². The van der Waals surface area contributed by atoms with Crippen LogP contribution in [0.2, 0.25) is 0 Å². The second-order valence-electron chi connectivity index (χ2n) is 8.51. The summed E-state index contributed by atoms with van der Waals surface area (Å²) in [5.74, 6) is -0.379. The predicted octanol–water partition coefficient (Wildman–Crippen LogP) is 4.73. The monoisotopic (exact) mass is 436 g/mol. The molecule has 0 aromatic heterocycles. The Morgan fingerprint density at radius 3 is 2.44 bits per heavy atom. The van der Waals surface area contributed by atoms with Gasteiger partial charge in [0.25, 0.3) is 0 Å². The maximum Gasteiger partial charge on any atom is 0.410 e. The lowest BCUT2D eigenvalue weighted by Gasteiger charge is -2.51. The maximum atomic E-state index is 13.0.